The number of thiophene rings is 1. The van der Waals surface area contributed by atoms with Crippen LogP contribution in [0.25, 0.3) is 10.6 Å². The lowest BCUT2D eigenvalue weighted by Gasteiger charge is -2.02. The van der Waals surface area contributed by atoms with E-state index in [1.54, 1.807) is 17.4 Å². The Morgan fingerprint density at radius 1 is 1.41 bits per heavy atom. The summed E-state index contributed by atoms with van der Waals surface area (Å²) >= 11 is 1.55. The highest BCUT2D eigenvalue weighted by Crippen LogP contribution is 2.24. The maximum absolute atomic E-state index is 11.4. The fourth-order valence-corrected chi connectivity index (χ4v) is 2.23. The van der Waals surface area contributed by atoms with Crippen molar-refractivity contribution in [3.05, 3.63) is 39.5 Å². The molecule has 0 fully saturated rings. The summed E-state index contributed by atoms with van der Waals surface area (Å²) < 4.78 is 0.951. The predicted octanol–water partition coefficient (Wildman–Crippen LogP) is 1.36. The second kappa shape index (κ2) is 4.50. The number of rotatable bonds is 3. The Kier molecular flexibility index (Phi) is 3.06. The topological polar surface area (TPSA) is 72.2 Å². The molecular weight excluding hydrogens is 240 g/mol. The number of aromatic nitrogens is 2. The van der Waals surface area contributed by atoms with Gasteiger partial charge in [0.05, 0.1) is 4.88 Å². The molecule has 0 unspecified atom stereocenters. The van der Waals surface area contributed by atoms with E-state index in [-0.39, 0.29) is 0 Å². The van der Waals surface area contributed by atoms with Gasteiger partial charge in [-0.05, 0) is 25.1 Å². The van der Waals surface area contributed by atoms with E-state index in [1.807, 2.05) is 19.1 Å². The van der Waals surface area contributed by atoms with Crippen LogP contribution in [0.1, 0.15) is 4.88 Å². The van der Waals surface area contributed by atoms with E-state index < -0.39 is 18.1 Å². The Labute approximate surface area is 101 Å². The van der Waals surface area contributed by atoms with Crippen LogP contribution < -0.4 is 5.56 Å². The van der Waals surface area contributed by atoms with Gasteiger partial charge in [0.1, 0.15) is 12.2 Å². The lowest BCUT2D eigenvalue weighted by molar-refractivity contribution is -0.138. The zero-order valence-electron chi connectivity index (χ0n) is 9.08. The summed E-state index contributed by atoms with van der Waals surface area (Å²) in [6.07, 6.45) is 0. The van der Waals surface area contributed by atoms with E-state index in [0.29, 0.717) is 5.69 Å². The average Bonchev–Trinajstić information content (AvgIpc) is 2.67. The monoisotopic (exact) mass is 250 g/mol. The molecule has 2 rings (SSSR count). The van der Waals surface area contributed by atoms with E-state index in [1.165, 1.54) is 6.07 Å². The number of carbonyl (C=O) groups is 1. The third-order valence-electron chi connectivity index (χ3n) is 2.14. The molecule has 0 aromatic carbocycles. The number of carboxylic acids is 1. The molecular formula is C11H10N2O3S. The molecule has 2 aromatic heterocycles. The van der Waals surface area contributed by atoms with Crippen molar-refractivity contribution in [1.82, 2.24) is 9.78 Å². The van der Waals surface area contributed by atoms with Crippen molar-refractivity contribution in [1.29, 1.82) is 0 Å². The minimum Gasteiger partial charge on any atom is -0.480 e. The minimum atomic E-state index is -1.08. The third-order valence-corrected chi connectivity index (χ3v) is 3.17. The zero-order valence-corrected chi connectivity index (χ0v) is 9.90. The maximum Gasteiger partial charge on any atom is 0.325 e. The summed E-state index contributed by atoms with van der Waals surface area (Å²) in [4.78, 5) is 24.0. The lowest BCUT2D eigenvalue weighted by Crippen LogP contribution is -2.25. The van der Waals surface area contributed by atoms with E-state index in [9.17, 15) is 9.59 Å². The van der Waals surface area contributed by atoms with Gasteiger partial charge < -0.3 is 5.11 Å². The fourth-order valence-electron chi connectivity index (χ4n) is 1.39. The van der Waals surface area contributed by atoms with Gasteiger partial charge >= 0.3 is 5.97 Å². The number of nitrogens with zero attached hydrogens (tertiary/aromatic N) is 2. The van der Waals surface area contributed by atoms with Crippen LogP contribution in [0.3, 0.4) is 0 Å². The van der Waals surface area contributed by atoms with Crippen molar-refractivity contribution in [2.75, 3.05) is 0 Å². The molecule has 0 atom stereocenters. The molecule has 1 N–H and O–H groups in total. The fraction of sp³-hybridized carbons (Fsp3) is 0.182. The van der Waals surface area contributed by atoms with Gasteiger partial charge in [0.15, 0.2) is 0 Å². The molecule has 0 bridgehead atoms. The van der Waals surface area contributed by atoms with Crippen molar-refractivity contribution in [3.63, 3.8) is 0 Å². The van der Waals surface area contributed by atoms with Gasteiger partial charge in [-0.2, -0.15) is 5.10 Å². The Balaban J connectivity index is 2.43. The van der Waals surface area contributed by atoms with Gasteiger partial charge in [-0.3, -0.25) is 9.59 Å². The minimum absolute atomic E-state index is 0.413. The molecule has 0 radical (unpaired) electrons. The van der Waals surface area contributed by atoms with E-state index >= 15 is 0 Å². The second-order valence-corrected chi connectivity index (χ2v) is 4.81. The molecule has 17 heavy (non-hydrogen) atoms. The highest BCUT2D eigenvalue weighted by Gasteiger charge is 2.07. The summed E-state index contributed by atoms with van der Waals surface area (Å²) in [7, 11) is 0. The van der Waals surface area contributed by atoms with Crippen molar-refractivity contribution in [2.24, 2.45) is 0 Å². The summed E-state index contributed by atoms with van der Waals surface area (Å²) in [6.45, 7) is 1.55. The van der Waals surface area contributed by atoms with Crippen molar-refractivity contribution < 1.29 is 9.90 Å². The summed E-state index contributed by atoms with van der Waals surface area (Å²) in [5.41, 5.74) is 0.202. The lowest BCUT2D eigenvalue weighted by atomic mass is 10.3. The van der Waals surface area contributed by atoms with E-state index in [4.69, 9.17) is 5.11 Å². The molecule has 2 heterocycles. The standard InChI is InChI=1S/C11H10N2O3S/c1-7-2-4-9(17-7)8-3-5-10(14)13(12-8)6-11(15)16/h2-5H,6H2,1H3,(H,15,16). The number of aliphatic carboxylic acids is 1. The smallest absolute Gasteiger partial charge is 0.325 e. The largest absolute Gasteiger partial charge is 0.480 e. The third kappa shape index (κ3) is 2.59. The molecule has 0 saturated heterocycles. The molecule has 0 amide bonds. The van der Waals surface area contributed by atoms with Gasteiger partial charge in [0.2, 0.25) is 0 Å². The summed E-state index contributed by atoms with van der Waals surface area (Å²) in [5, 5.41) is 12.7. The number of aryl methyl sites for hydroxylation is 1. The normalized spacial score (nSPS) is 10.4. The first-order valence-electron chi connectivity index (χ1n) is 4.93. The van der Waals surface area contributed by atoms with Crippen LogP contribution in [0.5, 0.6) is 0 Å². The summed E-state index contributed by atoms with van der Waals surface area (Å²) in [6, 6.07) is 6.79. The zero-order chi connectivity index (χ0) is 12.4. The molecule has 0 saturated carbocycles. The van der Waals surface area contributed by atoms with Gasteiger partial charge in [0.25, 0.3) is 5.56 Å². The van der Waals surface area contributed by atoms with E-state index in [2.05, 4.69) is 5.10 Å². The highest BCUT2D eigenvalue weighted by atomic mass is 32.1. The van der Waals surface area contributed by atoms with Crippen LogP contribution in [0.2, 0.25) is 0 Å². The quantitative estimate of drug-likeness (QED) is 0.892. The van der Waals surface area contributed by atoms with Crippen molar-refractivity contribution in [2.45, 2.75) is 13.5 Å². The molecule has 0 aliphatic rings. The number of carboxylic acid groups (broad SMARTS) is 1. The number of hydrogen-bond donors (Lipinski definition) is 1. The van der Waals surface area contributed by atoms with E-state index in [0.717, 1.165) is 14.4 Å². The highest BCUT2D eigenvalue weighted by molar-refractivity contribution is 7.15. The van der Waals surface area contributed by atoms with Crippen LogP contribution in [-0.4, -0.2) is 20.9 Å². The van der Waals surface area contributed by atoms with Crippen LogP contribution in [0.15, 0.2) is 29.1 Å². The first kappa shape index (κ1) is 11.5. The first-order chi connectivity index (χ1) is 8.06. The Hall–Kier alpha value is -1.95. The molecule has 0 aliphatic heterocycles. The SMILES string of the molecule is Cc1ccc(-c2ccc(=O)n(CC(=O)O)n2)s1. The Morgan fingerprint density at radius 2 is 2.18 bits per heavy atom. The summed E-state index contributed by atoms with van der Waals surface area (Å²) in [5.74, 6) is -1.08. The van der Waals surface area contributed by atoms with Gasteiger partial charge in [-0.15, -0.1) is 11.3 Å². The van der Waals surface area contributed by atoms with Crippen LogP contribution in [0.4, 0.5) is 0 Å². The molecule has 6 heteroatoms. The maximum atomic E-state index is 11.4. The predicted molar refractivity (Wildman–Crippen MR) is 64.2 cm³/mol. The van der Waals surface area contributed by atoms with Crippen molar-refractivity contribution in [3.8, 4) is 10.6 Å². The molecule has 5 nitrogen and oxygen atoms in total. The van der Waals surface area contributed by atoms with Gasteiger partial charge in [0, 0.05) is 10.9 Å². The Morgan fingerprint density at radius 3 is 2.76 bits per heavy atom. The van der Waals surface area contributed by atoms with Crippen LogP contribution in [0, 0.1) is 6.92 Å². The van der Waals surface area contributed by atoms with Crippen molar-refractivity contribution >= 4 is 17.3 Å². The van der Waals surface area contributed by atoms with Crippen LogP contribution >= 0.6 is 11.3 Å². The number of hydrogen-bond acceptors (Lipinski definition) is 4. The molecule has 2 aromatic rings. The molecule has 0 spiro atoms. The Bertz CT molecular complexity index is 615. The second-order valence-electron chi connectivity index (χ2n) is 3.52. The molecule has 88 valence electrons. The van der Waals surface area contributed by atoms with Gasteiger partial charge in [-0.1, -0.05) is 0 Å². The first-order valence-corrected chi connectivity index (χ1v) is 5.74. The van der Waals surface area contributed by atoms with Crippen LogP contribution in [-0.2, 0) is 11.3 Å². The molecule has 0 aliphatic carbocycles. The van der Waals surface area contributed by atoms with Gasteiger partial charge in [-0.25, -0.2) is 4.68 Å². The average molecular weight is 250 g/mol.